The standard InChI is InChI=1S/C57H49N5O.Pt/c1-56(2,3)40-31-32-59-53(35-40)61-49-26-15-14-23-47(49)48-30-29-43(37-52(48)61)63-44-34-41(57(4,5)6)33-42(36-44)60-50-27-16-17-28-51(50)62(55(60)58-7)54-45(38-19-10-8-11-20-38)24-18-25-46(54)39-21-12-9-13-22-39;/h8-35H,1-7H3;/q-2;+2/i8D,9D,10D,11D,12D,13D,19D,20D,21D,22D;. The summed E-state index contributed by atoms with van der Waals surface area (Å²) in [6.45, 7) is 12.8. The molecule has 0 radical (unpaired) electrons. The van der Waals surface area contributed by atoms with Gasteiger partial charge in [-0.2, -0.15) is 6.07 Å². The maximum atomic E-state index is 9.15. The largest absolute Gasteiger partial charge is 2.00 e. The Hall–Kier alpha value is -6.75. The molecule has 0 spiro atoms. The molecule has 0 unspecified atom stereocenters. The summed E-state index contributed by atoms with van der Waals surface area (Å²) in [5.74, 6) is 1.56. The summed E-state index contributed by atoms with van der Waals surface area (Å²) in [7, 11) is 1.60. The van der Waals surface area contributed by atoms with Crippen LogP contribution in [0.25, 0.3) is 72.3 Å². The van der Waals surface area contributed by atoms with Gasteiger partial charge in [0.2, 0.25) is 5.62 Å². The Balaban J connectivity index is 0.00000672. The number of hydrogen-bond donors (Lipinski definition) is 0. The number of rotatable bonds is 7. The van der Waals surface area contributed by atoms with Crippen molar-refractivity contribution in [2.45, 2.75) is 52.4 Å². The maximum Gasteiger partial charge on any atom is 2.00 e. The van der Waals surface area contributed by atoms with Crippen molar-refractivity contribution in [1.29, 1.82) is 0 Å². The van der Waals surface area contributed by atoms with Gasteiger partial charge in [0, 0.05) is 41.4 Å². The average molecular weight is 1030 g/mol. The van der Waals surface area contributed by atoms with Crippen molar-refractivity contribution < 1.29 is 39.5 Å². The van der Waals surface area contributed by atoms with Gasteiger partial charge in [-0.05, 0) is 63.2 Å². The van der Waals surface area contributed by atoms with Gasteiger partial charge in [-0.1, -0.05) is 162 Å². The number of fused-ring (bicyclic) bond motifs is 4. The summed E-state index contributed by atoms with van der Waals surface area (Å²) in [6.07, 6.45) is 1.84. The smallest absolute Gasteiger partial charge is 0.509 e. The fourth-order valence-electron chi connectivity index (χ4n) is 8.21. The second kappa shape index (κ2) is 16.7. The van der Waals surface area contributed by atoms with Crippen LogP contribution in [0.4, 0.5) is 0 Å². The zero-order chi connectivity index (χ0) is 52.2. The molecule has 64 heavy (non-hydrogen) atoms. The molecule has 0 aliphatic carbocycles. The molecule has 10 rings (SSSR count). The van der Waals surface area contributed by atoms with Crippen LogP contribution >= 0.6 is 0 Å². The number of hydrogen-bond acceptors (Lipinski definition) is 3. The van der Waals surface area contributed by atoms with E-state index in [1.165, 1.54) is 0 Å². The summed E-state index contributed by atoms with van der Waals surface area (Å²) in [5, 5.41) is 2.02. The second-order valence-corrected chi connectivity index (χ2v) is 17.4. The van der Waals surface area contributed by atoms with Gasteiger partial charge in [0.05, 0.1) is 30.4 Å². The molecular formula is C57H49N5OPt. The van der Waals surface area contributed by atoms with Gasteiger partial charge in [0.15, 0.2) is 0 Å². The van der Waals surface area contributed by atoms with E-state index in [0.29, 0.717) is 28.2 Å². The normalized spacial score (nSPS) is 14.5. The van der Waals surface area contributed by atoms with Crippen LogP contribution in [0.2, 0.25) is 0 Å². The van der Waals surface area contributed by atoms with Crippen molar-refractivity contribution in [3.8, 4) is 50.9 Å². The molecule has 0 atom stereocenters. The maximum absolute atomic E-state index is 9.15. The first-order valence-electron chi connectivity index (χ1n) is 25.7. The van der Waals surface area contributed by atoms with E-state index in [2.05, 4.69) is 76.4 Å². The summed E-state index contributed by atoms with van der Waals surface area (Å²) in [5.41, 5.74) is 5.31. The molecule has 0 amide bonds. The number of benzene rings is 7. The van der Waals surface area contributed by atoms with Crippen molar-refractivity contribution in [3.63, 3.8) is 0 Å². The molecule has 0 saturated heterocycles. The zero-order valence-electron chi connectivity index (χ0n) is 46.4. The molecule has 0 aliphatic rings. The van der Waals surface area contributed by atoms with Crippen LogP contribution in [-0.4, -0.2) is 25.7 Å². The van der Waals surface area contributed by atoms with Crippen molar-refractivity contribution in [1.82, 2.24) is 18.7 Å². The van der Waals surface area contributed by atoms with E-state index in [-0.39, 0.29) is 60.0 Å². The Labute approximate surface area is 403 Å². The molecule has 7 aromatic carbocycles. The van der Waals surface area contributed by atoms with Gasteiger partial charge in [0.1, 0.15) is 5.82 Å². The topological polar surface area (TPSA) is 49.3 Å². The van der Waals surface area contributed by atoms with Crippen LogP contribution in [0.1, 0.15) is 66.4 Å². The summed E-state index contributed by atoms with van der Waals surface area (Å²) < 4.78 is 101. The molecule has 0 N–H and O–H groups in total. The Bertz CT molecular complexity index is 3870. The second-order valence-electron chi connectivity index (χ2n) is 17.4. The van der Waals surface area contributed by atoms with Crippen LogP contribution in [-0.2, 0) is 31.9 Å². The van der Waals surface area contributed by atoms with E-state index in [9.17, 15) is 0 Å². The minimum atomic E-state index is -0.578. The summed E-state index contributed by atoms with van der Waals surface area (Å²) in [4.78, 5) is 9.73. The number of ether oxygens (including phenoxy) is 1. The minimum Gasteiger partial charge on any atom is -0.509 e. The molecule has 0 fully saturated rings. The van der Waals surface area contributed by atoms with Gasteiger partial charge in [-0.15, -0.1) is 41.3 Å². The third-order valence-corrected chi connectivity index (χ3v) is 11.3. The van der Waals surface area contributed by atoms with E-state index in [0.717, 1.165) is 38.8 Å². The van der Waals surface area contributed by atoms with E-state index in [1.807, 2.05) is 77.5 Å². The molecule has 10 aromatic rings. The van der Waals surface area contributed by atoms with Gasteiger partial charge in [-0.3, -0.25) is 9.56 Å². The van der Waals surface area contributed by atoms with E-state index >= 15 is 0 Å². The summed E-state index contributed by atoms with van der Waals surface area (Å²) >= 11 is 0. The number of pyridine rings is 1. The minimum absolute atomic E-state index is 0. The number of para-hydroxylation sites is 4. The van der Waals surface area contributed by atoms with Gasteiger partial charge in [0.25, 0.3) is 0 Å². The Morgan fingerprint density at radius 1 is 0.578 bits per heavy atom. The quantitative estimate of drug-likeness (QED) is 0.149. The summed E-state index contributed by atoms with van der Waals surface area (Å²) in [6, 6.07) is 34.2. The first-order chi connectivity index (χ1) is 34.6. The van der Waals surface area contributed by atoms with Gasteiger partial charge in [-0.25, -0.2) is 4.98 Å². The van der Waals surface area contributed by atoms with Crippen LogP contribution in [0, 0.1) is 12.1 Å². The molecule has 0 saturated carbocycles. The van der Waals surface area contributed by atoms with E-state index in [1.54, 1.807) is 29.8 Å². The molecule has 0 aliphatic heterocycles. The van der Waals surface area contributed by atoms with Gasteiger partial charge >= 0.3 is 21.1 Å². The Kier molecular flexibility index (Phi) is 8.37. The van der Waals surface area contributed by atoms with Gasteiger partial charge < -0.3 is 13.9 Å². The number of nitrogens with zero attached hydrogens (tertiary/aromatic N) is 5. The van der Waals surface area contributed by atoms with Crippen molar-refractivity contribution >= 4 is 32.8 Å². The third kappa shape index (κ3) is 7.60. The first kappa shape index (κ1) is 32.0. The molecule has 7 heteroatoms. The monoisotopic (exact) mass is 1020 g/mol. The molecule has 0 bridgehead atoms. The number of imidazole rings is 1. The molecular weight excluding hydrogens is 966 g/mol. The molecule has 6 nitrogen and oxygen atoms in total. The Morgan fingerprint density at radius 2 is 1.19 bits per heavy atom. The average Bonchev–Trinajstić information content (AvgIpc) is 3.88. The predicted octanol–water partition coefficient (Wildman–Crippen LogP) is 13.8. The molecule has 3 aromatic heterocycles. The Morgan fingerprint density at radius 3 is 1.81 bits per heavy atom. The van der Waals surface area contributed by atoms with Crippen LogP contribution in [0.3, 0.4) is 0 Å². The van der Waals surface area contributed by atoms with Crippen molar-refractivity contribution in [2.24, 2.45) is 4.99 Å². The fraction of sp³-hybridized carbons (Fsp3) is 0.158. The van der Waals surface area contributed by atoms with Crippen LogP contribution < -0.4 is 10.4 Å². The molecule has 3 heterocycles. The first-order valence-corrected chi connectivity index (χ1v) is 20.7. The number of aromatic nitrogens is 4. The van der Waals surface area contributed by atoms with E-state index < -0.39 is 65.8 Å². The third-order valence-electron chi connectivity index (χ3n) is 11.3. The SMILES string of the molecule is [2H]c1c([2H])c([2H])c(-c2cccc(-c3c([2H])c([2H])c([2H])c([2H])c3[2H])c2-n2c(=NC)n(-c3[c-]c(Oc4[c-]c5c(cc4)c4ccccc4n5-c4cc(C(C)(C)C)ccn4)cc(C(C)(C)C)c3)c3ccccc32)c([2H])c1[2H].[Pt+2]. The predicted molar refractivity (Wildman–Crippen MR) is 259 cm³/mol. The molecule has 318 valence electrons. The fourth-order valence-corrected chi connectivity index (χ4v) is 8.21. The van der Waals surface area contributed by atoms with Crippen LogP contribution in [0.15, 0.2) is 175 Å². The van der Waals surface area contributed by atoms with Crippen molar-refractivity contribution in [2.75, 3.05) is 7.05 Å². The van der Waals surface area contributed by atoms with Crippen LogP contribution in [0.5, 0.6) is 11.5 Å². The zero-order valence-corrected chi connectivity index (χ0v) is 38.6. The van der Waals surface area contributed by atoms with Crippen molar-refractivity contribution in [3.05, 3.63) is 199 Å². The van der Waals surface area contributed by atoms with E-state index in [4.69, 9.17) is 28.4 Å².